The number of halogens is 1. The van der Waals surface area contributed by atoms with Gasteiger partial charge in [0.25, 0.3) is 5.91 Å². The molecule has 4 N–H and O–H groups in total. The second-order valence-electron chi connectivity index (χ2n) is 3.73. The molecule has 0 saturated carbocycles. The van der Waals surface area contributed by atoms with E-state index in [2.05, 4.69) is 5.32 Å². The van der Waals surface area contributed by atoms with Crippen molar-refractivity contribution in [3.8, 4) is 5.75 Å². The standard InChI is InChI=1S/C13H11FN2O2/c14-8-1-3-9(4-2-8)16-13(18)11-7-10(17)5-6-12(11)15/h1-7,17H,15H2,(H,16,18). The lowest BCUT2D eigenvalue weighted by molar-refractivity contribution is 0.102. The Hall–Kier alpha value is -2.56. The van der Waals surface area contributed by atoms with Crippen LogP contribution in [0, 0.1) is 5.82 Å². The van der Waals surface area contributed by atoms with Crippen molar-refractivity contribution < 1.29 is 14.3 Å². The van der Waals surface area contributed by atoms with Gasteiger partial charge < -0.3 is 16.2 Å². The maximum atomic E-state index is 12.7. The lowest BCUT2D eigenvalue weighted by Crippen LogP contribution is -2.13. The van der Waals surface area contributed by atoms with Gasteiger partial charge in [0.1, 0.15) is 11.6 Å². The smallest absolute Gasteiger partial charge is 0.257 e. The zero-order chi connectivity index (χ0) is 13.1. The molecule has 0 aliphatic heterocycles. The minimum absolute atomic E-state index is 0.0477. The van der Waals surface area contributed by atoms with Crippen molar-refractivity contribution in [2.45, 2.75) is 0 Å². The molecule has 0 aromatic heterocycles. The number of nitrogen functional groups attached to an aromatic ring is 1. The number of hydrogen-bond acceptors (Lipinski definition) is 3. The molecule has 0 fully saturated rings. The summed E-state index contributed by atoms with van der Waals surface area (Å²) in [4.78, 5) is 11.9. The highest BCUT2D eigenvalue weighted by molar-refractivity contribution is 6.07. The highest BCUT2D eigenvalue weighted by Crippen LogP contribution is 2.20. The number of rotatable bonds is 2. The van der Waals surface area contributed by atoms with E-state index in [4.69, 9.17) is 5.73 Å². The summed E-state index contributed by atoms with van der Waals surface area (Å²) in [5.41, 5.74) is 6.51. The normalized spacial score (nSPS) is 10.1. The zero-order valence-electron chi connectivity index (χ0n) is 9.35. The molecule has 0 aliphatic rings. The van der Waals surface area contributed by atoms with E-state index in [0.717, 1.165) is 0 Å². The third kappa shape index (κ3) is 2.57. The van der Waals surface area contributed by atoms with Gasteiger partial charge in [-0.2, -0.15) is 0 Å². The number of carbonyl (C=O) groups is 1. The minimum Gasteiger partial charge on any atom is -0.508 e. The van der Waals surface area contributed by atoms with Gasteiger partial charge in [-0.25, -0.2) is 4.39 Å². The van der Waals surface area contributed by atoms with Gasteiger partial charge in [0.15, 0.2) is 0 Å². The fourth-order valence-electron chi connectivity index (χ4n) is 1.47. The van der Waals surface area contributed by atoms with Gasteiger partial charge in [-0.15, -0.1) is 0 Å². The highest BCUT2D eigenvalue weighted by atomic mass is 19.1. The Morgan fingerprint density at radius 1 is 1.17 bits per heavy atom. The average molecular weight is 246 g/mol. The summed E-state index contributed by atoms with van der Waals surface area (Å²) in [5.74, 6) is -0.895. The molecule has 0 heterocycles. The van der Waals surface area contributed by atoms with Gasteiger partial charge in [-0.1, -0.05) is 0 Å². The molecule has 2 aromatic rings. The van der Waals surface area contributed by atoms with Gasteiger partial charge >= 0.3 is 0 Å². The Balaban J connectivity index is 2.21. The molecule has 0 radical (unpaired) electrons. The van der Waals surface area contributed by atoms with Gasteiger partial charge in [-0.3, -0.25) is 4.79 Å². The summed E-state index contributed by atoms with van der Waals surface area (Å²) >= 11 is 0. The first-order valence-corrected chi connectivity index (χ1v) is 5.21. The van der Waals surface area contributed by atoms with Gasteiger partial charge in [0.2, 0.25) is 0 Å². The predicted molar refractivity (Wildman–Crippen MR) is 66.9 cm³/mol. The fourth-order valence-corrected chi connectivity index (χ4v) is 1.47. The third-order valence-electron chi connectivity index (χ3n) is 2.38. The van der Waals surface area contributed by atoms with Crippen LogP contribution >= 0.6 is 0 Å². The van der Waals surface area contributed by atoms with Crippen molar-refractivity contribution in [2.24, 2.45) is 0 Å². The van der Waals surface area contributed by atoms with Crippen LogP contribution < -0.4 is 11.1 Å². The molecule has 0 atom stereocenters. The van der Waals surface area contributed by atoms with Crippen molar-refractivity contribution in [3.05, 3.63) is 53.8 Å². The van der Waals surface area contributed by atoms with E-state index in [1.807, 2.05) is 0 Å². The first kappa shape index (κ1) is 11.9. The number of amides is 1. The van der Waals surface area contributed by atoms with Gasteiger partial charge in [0.05, 0.1) is 5.56 Å². The van der Waals surface area contributed by atoms with Gasteiger partial charge in [0, 0.05) is 11.4 Å². The fraction of sp³-hybridized carbons (Fsp3) is 0. The van der Waals surface area contributed by atoms with E-state index >= 15 is 0 Å². The quantitative estimate of drug-likeness (QED) is 0.562. The predicted octanol–water partition coefficient (Wildman–Crippen LogP) is 2.37. The van der Waals surface area contributed by atoms with Crippen LogP contribution in [0.4, 0.5) is 15.8 Å². The first-order valence-electron chi connectivity index (χ1n) is 5.21. The number of carbonyl (C=O) groups excluding carboxylic acids is 1. The number of nitrogens with two attached hydrogens (primary N) is 1. The van der Waals surface area contributed by atoms with E-state index < -0.39 is 5.91 Å². The van der Waals surface area contributed by atoms with Crippen LogP contribution in [0.5, 0.6) is 5.75 Å². The largest absolute Gasteiger partial charge is 0.508 e. The average Bonchev–Trinajstić information content (AvgIpc) is 2.35. The van der Waals surface area contributed by atoms with E-state index in [0.29, 0.717) is 5.69 Å². The highest BCUT2D eigenvalue weighted by Gasteiger charge is 2.10. The summed E-state index contributed by atoms with van der Waals surface area (Å²) < 4.78 is 12.7. The molecule has 2 aromatic carbocycles. The molecule has 0 spiro atoms. The first-order chi connectivity index (χ1) is 8.56. The second-order valence-corrected chi connectivity index (χ2v) is 3.73. The molecular weight excluding hydrogens is 235 g/mol. The molecule has 4 nitrogen and oxygen atoms in total. The zero-order valence-corrected chi connectivity index (χ0v) is 9.35. The van der Waals surface area contributed by atoms with Crippen LogP contribution in [0.3, 0.4) is 0 Å². The van der Waals surface area contributed by atoms with Crippen LogP contribution in [0.25, 0.3) is 0 Å². The molecule has 0 bridgehead atoms. The molecule has 5 heteroatoms. The summed E-state index contributed by atoms with van der Waals surface area (Å²) in [6, 6.07) is 9.45. The lowest BCUT2D eigenvalue weighted by atomic mass is 10.1. The maximum Gasteiger partial charge on any atom is 0.257 e. The third-order valence-corrected chi connectivity index (χ3v) is 2.38. The summed E-state index contributed by atoms with van der Waals surface area (Å²) in [5, 5.41) is 11.9. The summed E-state index contributed by atoms with van der Waals surface area (Å²) in [6.07, 6.45) is 0. The Labute approximate surface area is 103 Å². The number of anilines is 2. The van der Waals surface area contributed by atoms with Gasteiger partial charge in [-0.05, 0) is 42.5 Å². The monoisotopic (exact) mass is 246 g/mol. The molecule has 0 aliphatic carbocycles. The van der Waals surface area contributed by atoms with Crippen LogP contribution in [0.1, 0.15) is 10.4 Å². The van der Waals surface area contributed by atoms with Crippen LogP contribution in [-0.4, -0.2) is 11.0 Å². The van der Waals surface area contributed by atoms with Crippen molar-refractivity contribution in [1.29, 1.82) is 0 Å². The topological polar surface area (TPSA) is 75.3 Å². The van der Waals surface area contributed by atoms with E-state index in [1.165, 1.54) is 42.5 Å². The van der Waals surface area contributed by atoms with Crippen LogP contribution in [0.2, 0.25) is 0 Å². The van der Waals surface area contributed by atoms with E-state index in [-0.39, 0.29) is 22.8 Å². The molecule has 18 heavy (non-hydrogen) atoms. The number of phenols is 1. The number of phenolic OH excluding ortho intramolecular Hbond substituents is 1. The lowest BCUT2D eigenvalue weighted by Gasteiger charge is -2.07. The van der Waals surface area contributed by atoms with Crippen LogP contribution in [0.15, 0.2) is 42.5 Å². The van der Waals surface area contributed by atoms with Crippen molar-refractivity contribution in [1.82, 2.24) is 0 Å². The molecule has 2 rings (SSSR count). The Kier molecular flexibility index (Phi) is 3.14. The Morgan fingerprint density at radius 3 is 2.50 bits per heavy atom. The number of aromatic hydroxyl groups is 1. The Bertz CT molecular complexity index is 582. The maximum absolute atomic E-state index is 12.7. The Morgan fingerprint density at radius 2 is 1.83 bits per heavy atom. The van der Waals surface area contributed by atoms with E-state index in [9.17, 15) is 14.3 Å². The van der Waals surface area contributed by atoms with Crippen LogP contribution in [-0.2, 0) is 0 Å². The van der Waals surface area contributed by atoms with E-state index in [1.54, 1.807) is 0 Å². The summed E-state index contributed by atoms with van der Waals surface area (Å²) in [7, 11) is 0. The molecule has 92 valence electrons. The number of nitrogens with one attached hydrogen (secondary N) is 1. The minimum atomic E-state index is -0.463. The number of hydrogen-bond donors (Lipinski definition) is 3. The second kappa shape index (κ2) is 4.75. The summed E-state index contributed by atoms with van der Waals surface area (Å²) in [6.45, 7) is 0. The SMILES string of the molecule is Nc1ccc(O)cc1C(=O)Nc1ccc(F)cc1. The molecule has 1 amide bonds. The van der Waals surface area contributed by atoms with Crippen molar-refractivity contribution in [3.63, 3.8) is 0 Å². The molecule has 0 unspecified atom stereocenters. The van der Waals surface area contributed by atoms with Crippen molar-refractivity contribution in [2.75, 3.05) is 11.1 Å². The molecule has 0 saturated heterocycles. The molecular formula is C13H11FN2O2. The van der Waals surface area contributed by atoms with Crippen molar-refractivity contribution >= 4 is 17.3 Å². The number of benzene rings is 2.